The predicted molar refractivity (Wildman–Crippen MR) is 152 cm³/mol. The molecule has 0 aliphatic carbocycles. The van der Waals surface area contributed by atoms with Gasteiger partial charge in [-0.2, -0.15) is 4.99 Å². The number of aliphatic imine (C=N–C) groups is 1. The summed E-state index contributed by atoms with van der Waals surface area (Å²) >= 11 is 1.15. The molecule has 3 amide bonds. The molecule has 0 radical (unpaired) electrons. The monoisotopic (exact) mass is 606 g/mol. The Bertz CT molecular complexity index is 1590. The number of ether oxygens (including phenoxy) is 1. The molecule has 2 N–H and O–H groups in total. The van der Waals surface area contributed by atoms with Crippen LogP contribution in [0.25, 0.3) is 0 Å². The van der Waals surface area contributed by atoms with Crippen LogP contribution in [0.15, 0.2) is 76.6 Å². The highest BCUT2D eigenvalue weighted by atomic mass is 32.2. The minimum atomic E-state index is -4.90. The summed E-state index contributed by atoms with van der Waals surface area (Å²) in [5.74, 6) is -0.460. The normalized spacial score (nSPS) is 15.0. The molecule has 3 aromatic carbocycles. The maximum absolute atomic E-state index is 12.7. The zero-order chi connectivity index (χ0) is 29.9. The van der Waals surface area contributed by atoms with E-state index in [2.05, 4.69) is 19.8 Å². The van der Waals surface area contributed by atoms with Crippen LogP contribution in [0.3, 0.4) is 0 Å². The van der Waals surface area contributed by atoms with Crippen molar-refractivity contribution in [3.63, 3.8) is 0 Å². The molecule has 1 saturated heterocycles. The third-order valence-corrected chi connectivity index (χ3v) is 8.09. The van der Waals surface area contributed by atoms with E-state index >= 15 is 0 Å². The zero-order valence-electron chi connectivity index (χ0n) is 22.0. The lowest BCUT2D eigenvalue weighted by Crippen LogP contribution is -2.31. The molecule has 1 fully saturated rings. The topological polar surface area (TPSA) is 117 Å². The number of carbonyl (C=O) groups excluding carboxylic acids is 2. The molecule has 4 rings (SSSR count). The first kappa shape index (κ1) is 29.9. The number of carbonyl (C=O) groups is 2. The fraction of sp³-hybridized carbons (Fsp3) is 0.222. The van der Waals surface area contributed by atoms with Crippen LogP contribution in [0.5, 0.6) is 5.75 Å². The largest absolute Gasteiger partial charge is 0.573 e. The van der Waals surface area contributed by atoms with Crippen LogP contribution in [-0.4, -0.2) is 37.6 Å². The molecule has 0 atom stereocenters. The smallest absolute Gasteiger partial charge is 0.406 e. The van der Waals surface area contributed by atoms with Gasteiger partial charge >= 0.3 is 12.4 Å². The van der Waals surface area contributed by atoms with E-state index in [1.54, 1.807) is 0 Å². The van der Waals surface area contributed by atoms with Crippen LogP contribution >= 0.6 is 11.8 Å². The van der Waals surface area contributed by atoms with Crippen LogP contribution in [0, 0.1) is 6.92 Å². The Morgan fingerprint density at radius 3 is 2.27 bits per heavy atom. The summed E-state index contributed by atoms with van der Waals surface area (Å²) in [5.41, 5.74) is 3.05. The number of nitrogens with zero attached hydrogens (tertiary/aromatic N) is 2. The second-order valence-corrected chi connectivity index (χ2v) is 11.9. The van der Waals surface area contributed by atoms with Gasteiger partial charge in [0.2, 0.25) is 5.91 Å². The lowest BCUT2D eigenvalue weighted by Gasteiger charge is -2.22. The first-order valence-corrected chi connectivity index (χ1v) is 14.6. The average Bonchev–Trinajstić information content (AvgIpc) is 3.23. The Kier molecular flexibility index (Phi) is 8.63. The zero-order valence-corrected chi connectivity index (χ0v) is 23.7. The number of hydrogen-bond acceptors (Lipinski definition) is 6. The molecule has 9 nitrogen and oxygen atoms in total. The number of benzene rings is 3. The number of anilines is 3. The van der Waals surface area contributed by atoms with Crippen LogP contribution in [0.1, 0.15) is 30.9 Å². The van der Waals surface area contributed by atoms with Gasteiger partial charge in [0, 0.05) is 11.4 Å². The number of alkyl halides is 3. The van der Waals surface area contributed by atoms with Gasteiger partial charge in [0.05, 0.1) is 16.3 Å². The van der Waals surface area contributed by atoms with Crippen molar-refractivity contribution in [2.45, 2.75) is 37.9 Å². The van der Waals surface area contributed by atoms with Gasteiger partial charge in [-0.15, -0.1) is 13.2 Å². The number of halogens is 3. The van der Waals surface area contributed by atoms with Crippen LogP contribution < -0.4 is 19.7 Å². The molecule has 1 aliphatic heterocycles. The molecular weight excluding hydrogens is 581 g/mol. The van der Waals surface area contributed by atoms with E-state index in [0.29, 0.717) is 11.4 Å². The van der Waals surface area contributed by atoms with Gasteiger partial charge in [-0.1, -0.05) is 37.7 Å². The summed E-state index contributed by atoms with van der Waals surface area (Å²) in [6.07, 6.45) is -4.90. The number of aryl methyl sites for hydroxylation is 1. The SMILES string of the molecule is Cc1ccc(C(C)C)c(N2C(=O)CS/C2=N\C(=O)Nc2ccc(NS(=O)(=O)c3ccc(OC(F)(F)F)cc3)cc2)c1. The van der Waals surface area contributed by atoms with Crippen molar-refractivity contribution in [1.29, 1.82) is 0 Å². The van der Waals surface area contributed by atoms with Gasteiger partial charge in [-0.3, -0.25) is 14.4 Å². The number of nitrogens with one attached hydrogen (secondary N) is 2. The highest BCUT2D eigenvalue weighted by Crippen LogP contribution is 2.34. The molecule has 0 unspecified atom stereocenters. The van der Waals surface area contributed by atoms with E-state index < -0.39 is 28.2 Å². The third kappa shape index (κ3) is 7.58. The second-order valence-electron chi connectivity index (χ2n) is 9.26. The van der Waals surface area contributed by atoms with E-state index in [1.807, 2.05) is 39.0 Å². The molecule has 0 aromatic heterocycles. The van der Waals surface area contributed by atoms with Crippen molar-refractivity contribution in [1.82, 2.24) is 0 Å². The van der Waals surface area contributed by atoms with Crippen molar-refractivity contribution in [2.75, 3.05) is 20.7 Å². The molecule has 1 heterocycles. The number of amidine groups is 1. The standard InChI is InChI=1S/C27H25F3N4O5S2/c1-16(2)22-13-4-17(3)14-23(22)34-24(35)15-40-26(34)32-25(36)31-18-5-7-19(8-6-18)33-41(37,38)21-11-9-20(10-12-21)39-27(28,29)30/h4-14,16,33H,15H2,1-3H3,(H,31,36)/b32-26-. The summed E-state index contributed by atoms with van der Waals surface area (Å²) in [4.78, 5) is 30.7. The van der Waals surface area contributed by atoms with Crippen molar-refractivity contribution < 1.29 is 35.9 Å². The van der Waals surface area contributed by atoms with Crippen molar-refractivity contribution >= 4 is 56.0 Å². The highest BCUT2D eigenvalue weighted by Gasteiger charge is 2.33. The molecule has 216 valence electrons. The van der Waals surface area contributed by atoms with Crippen molar-refractivity contribution in [3.05, 3.63) is 77.9 Å². The molecule has 1 aliphatic rings. The van der Waals surface area contributed by atoms with Crippen molar-refractivity contribution in [3.8, 4) is 5.75 Å². The Morgan fingerprint density at radius 2 is 1.66 bits per heavy atom. The first-order chi connectivity index (χ1) is 19.2. The number of urea groups is 1. The Hall–Kier alpha value is -4.04. The third-order valence-electron chi connectivity index (χ3n) is 5.77. The van der Waals surface area contributed by atoms with Crippen LogP contribution in [0.4, 0.5) is 35.0 Å². The lowest BCUT2D eigenvalue weighted by atomic mass is 9.99. The number of rotatable bonds is 7. The fourth-order valence-electron chi connectivity index (χ4n) is 3.91. The predicted octanol–water partition coefficient (Wildman–Crippen LogP) is 6.49. The minimum Gasteiger partial charge on any atom is -0.406 e. The van der Waals surface area contributed by atoms with E-state index in [9.17, 15) is 31.2 Å². The maximum atomic E-state index is 12.7. The van der Waals surface area contributed by atoms with Gasteiger partial charge in [0.1, 0.15) is 5.75 Å². The quantitative estimate of drug-likeness (QED) is 0.318. The first-order valence-electron chi connectivity index (χ1n) is 12.2. The molecular formula is C27H25F3N4O5S2. The van der Waals surface area contributed by atoms with Gasteiger partial charge in [0.25, 0.3) is 10.0 Å². The second kappa shape index (κ2) is 11.8. The number of amides is 3. The molecule has 0 saturated carbocycles. The van der Waals surface area contributed by atoms with E-state index in [0.717, 1.165) is 47.2 Å². The Labute approximate surface area is 238 Å². The molecule has 3 aromatic rings. The van der Waals surface area contributed by atoms with Gasteiger partial charge in [0.15, 0.2) is 5.17 Å². The van der Waals surface area contributed by atoms with Gasteiger partial charge in [-0.05, 0) is 78.6 Å². The Balaban J connectivity index is 1.44. The van der Waals surface area contributed by atoms with Crippen molar-refractivity contribution in [2.24, 2.45) is 4.99 Å². The van der Waals surface area contributed by atoms with Gasteiger partial charge < -0.3 is 10.1 Å². The molecule has 41 heavy (non-hydrogen) atoms. The molecule has 0 bridgehead atoms. The van der Waals surface area contributed by atoms with Crippen LogP contribution in [0.2, 0.25) is 0 Å². The molecule has 14 heteroatoms. The van der Waals surface area contributed by atoms with Gasteiger partial charge in [-0.25, -0.2) is 13.2 Å². The maximum Gasteiger partial charge on any atom is 0.573 e. The Morgan fingerprint density at radius 1 is 1.02 bits per heavy atom. The summed E-state index contributed by atoms with van der Waals surface area (Å²) in [7, 11) is -4.11. The minimum absolute atomic E-state index is 0.137. The fourth-order valence-corrected chi connectivity index (χ4v) is 5.83. The van der Waals surface area contributed by atoms with E-state index in [4.69, 9.17) is 0 Å². The summed E-state index contributed by atoms with van der Waals surface area (Å²) < 4.78 is 68.3. The number of hydrogen-bond donors (Lipinski definition) is 2. The molecule has 0 spiro atoms. The summed E-state index contributed by atoms with van der Waals surface area (Å²) in [6, 6.07) is 14.5. The number of sulfonamides is 1. The van der Waals surface area contributed by atoms with E-state index in [-0.39, 0.29) is 33.3 Å². The van der Waals surface area contributed by atoms with E-state index in [1.165, 1.54) is 29.2 Å². The summed E-state index contributed by atoms with van der Waals surface area (Å²) in [5, 5.41) is 2.84. The number of thioether (sulfide) groups is 1. The lowest BCUT2D eigenvalue weighted by molar-refractivity contribution is -0.274. The highest BCUT2D eigenvalue weighted by molar-refractivity contribution is 8.15. The average molecular weight is 607 g/mol. The van der Waals surface area contributed by atoms with Crippen LogP contribution in [-0.2, 0) is 14.8 Å². The summed E-state index contributed by atoms with van der Waals surface area (Å²) in [6.45, 7) is 5.94.